The highest BCUT2D eigenvalue weighted by atomic mass is 16.6. The Bertz CT molecular complexity index is 767. The summed E-state index contributed by atoms with van der Waals surface area (Å²) in [6.07, 6.45) is 1.61. The smallest absolute Gasteiger partial charge is 0.329 e. The van der Waals surface area contributed by atoms with E-state index in [2.05, 4.69) is 10.3 Å². The van der Waals surface area contributed by atoms with Gasteiger partial charge < -0.3 is 15.4 Å². The van der Waals surface area contributed by atoms with Gasteiger partial charge in [-0.2, -0.15) is 0 Å². The molecule has 0 spiro atoms. The number of nitro groups is 1. The lowest BCUT2D eigenvalue weighted by Gasteiger charge is -2.24. The van der Waals surface area contributed by atoms with Gasteiger partial charge in [0.1, 0.15) is 5.54 Å². The molecule has 8 heteroatoms. The van der Waals surface area contributed by atoms with Crippen LogP contribution in [-0.2, 0) is 4.79 Å². The first-order valence-corrected chi connectivity index (χ1v) is 6.60. The van der Waals surface area contributed by atoms with Crippen LogP contribution in [0.4, 0.5) is 5.69 Å². The number of aliphatic carboxylic acids is 1. The highest BCUT2D eigenvalue weighted by Gasteiger charge is 2.33. The molecule has 0 radical (unpaired) electrons. The maximum absolute atomic E-state index is 12.3. The molecule has 1 atom stereocenters. The van der Waals surface area contributed by atoms with Crippen molar-refractivity contribution in [2.75, 3.05) is 0 Å². The van der Waals surface area contributed by atoms with E-state index in [0.717, 1.165) is 0 Å². The SMILES string of the molecule is CCC(C)(NC(=O)c1c[nH]c2ccc([N+](=O)[O-])cc12)C(=O)O. The van der Waals surface area contributed by atoms with Gasteiger partial charge in [-0.05, 0) is 19.4 Å². The highest BCUT2D eigenvalue weighted by molar-refractivity contribution is 6.08. The van der Waals surface area contributed by atoms with E-state index in [1.54, 1.807) is 6.92 Å². The predicted molar refractivity (Wildman–Crippen MR) is 78.8 cm³/mol. The first kappa shape index (κ1) is 15.5. The topological polar surface area (TPSA) is 125 Å². The quantitative estimate of drug-likeness (QED) is 0.576. The number of nitrogens with zero attached hydrogens (tertiary/aromatic N) is 1. The Morgan fingerprint density at radius 1 is 1.45 bits per heavy atom. The standard InChI is InChI=1S/C14H15N3O5/c1-3-14(2,13(19)20)16-12(18)10-7-15-11-5-4-8(17(21)22)6-9(10)11/h4-7,15H,3H2,1-2H3,(H,16,18)(H,19,20). The van der Waals surface area contributed by atoms with E-state index in [4.69, 9.17) is 0 Å². The van der Waals surface area contributed by atoms with Crippen molar-refractivity contribution in [2.45, 2.75) is 25.8 Å². The molecule has 8 nitrogen and oxygen atoms in total. The molecule has 0 aliphatic carbocycles. The van der Waals surface area contributed by atoms with Crippen LogP contribution in [0.3, 0.4) is 0 Å². The Morgan fingerprint density at radius 2 is 2.14 bits per heavy atom. The van der Waals surface area contributed by atoms with E-state index < -0.39 is 22.3 Å². The Kier molecular flexibility index (Phi) is 3.85. The molecule has 116 valence electrons. The molecule has 1 heterocycles. The van der Waals surface area contributed by atoms with Crippen LogP contribution < -0.4 is 5.32 Å². The average molecular weight is 305 g/mol. The number of aromatic amines is 1. The van der Waals surface area contributed by atoms with Crippen molar-refractivity contribution in [3.8, 4) is 0 Å². The normalized spacial score (nSPS) is 13.5. The third-order valence-electron chi connectivity index (χ3n) is 3.69. The molecule has 0 bridgehead atoms. The van der Waals surface area contributed by atoms with Crippen molar-refractivity contribution in [1.29, 1.82) is 0 Å². The molecule has 0 saturated carbocycles. The van der Waals surface area contributed by atoms with Gasteiger partial charge in [0, 0.05) is 29.2 Å². The van der Waals surface area contributed by atoms with Gasteiger partial charge in [0.2, 0.25) is 0 Å². The number of hydrogen-bond acceptors (Lipinski definition) is 4. The van der Waals surface area contributed by atoms with Crippen LogP contribution in [0.5, 0.6) is 0 Å². The summed E-state index contributed by atoms with van der Waals surface area (Å²) in [5, 5.41) is 22.9. The molecule has 1 aromatic heterocycles. The lowest BCUT2D eigenvalue weighted by atomic mass is 9.98. The number of aromatic nitrogens is 1. The zero-order valence-electron chi connectivity index (χ0n) is 12.0. The first-order chi connectivity index (χ1) is 10.3. The van der Waals surface area contributed by atoms with Crippen LogP contribution in [0, 0.1) is 10.1 Å². The molecule has 0 aliphatic rings. The number of hydrogen-bond donors (Lipinski definition) is 3. The fourth-order valence-electron chi connectivity index (χ4n) is 2.02. The minimum Gasteiger partial charge on any atom is -0.480 e. The summed E-state index contributed by atoms with van der Waals surface area (Å²) >= 11 is 0. The van der Waals surface area contributed by atoms with E-state index in [0.29, 0.717) is 10.9 Å². The van der Waals surface area contributed by atoms with Gasteiger partial charge in [0.15, 0.2) is 0 Å². The maximum atomic E-state index is 12.3. The van der Waals surface area contributed by atoms with Gasteiger partial charge in [-0.1, -0.05) is 6.92 Å². The number of carboxylic acids is 1. The van der Waals surface area contributed by atoms with Crippen molar-refractivity contribution in [1.82, 2.24) is 10.3 Å². The minimum absolute atomic E-state index is 0.141. The molecular weight excluding hydrogens is 290 g/mol. The van der Waals surface area contributed by atoms with Crippen molar-refractivity contribution in [3.63, 3.8) is 0 Å². The van der Waals surface area contributed by atoms with Gasteiger partial charge >= 0.3 is 5.97 Å². The molecule has 2 aromatic rings. The number of amides is 1. The van der Waals surface area contributed by atoms with E-state index >= 15 is 0 Å². The number of carbonyl (C=O) groups excluding carboxylic acids is 1. The summed E-state index contributed by atoms with van der Waals surface area (Å²) in [5.41, 5.74) is -0.817. The minimum atomic E-state index is -1.40. The number of H-pyrrole nitrogens is 1. The molecule has 0 fully saturated rings. The lowest BCUT2D eigenvalue weighted by Crippen LogP contribution is -2.51. The maximum Gasteiger partial charge on any atom is 0.329 e. The molecule has 0 saturated heterocycles. The van der Waals surface area contributed by atoms with E-state index in [1.165, 1.54) is 31.3 Å². The number of carboxylic acid groups (broad SMARTS) is 1. The zero-order chi connectivity index (χ0) is 16.5. The number of nitrogens with one attached hydrogen (secondary N) is 2. The van der Waals surface area contributed by atoms with Crippen molar-refractivity contribution >= 4 is 28.5 Å². The first-order valence-electron chi connectivity index (χ1n) is 6.60. The van der Waals surface area contributed by atoms with Gasteiger partial charge in [-0.3, -0.25) is 14.9 Å². The number of carbonyl (C=O) groups is 2. The number of nitro benzene ring substituents is 1. The molecule has 1 amide bonds. The third kappa shape index (κ3) is 2.62. The number of non-ortho nitro benzene ring substituents is 1. The fourth-order valence-corrected chi connectivity index (χ4v) is 2.02. The van der Waals surface area contributed by atoms with Crippen LogP contribution in [0.2, 0.25) is 0 Å². The Hall–Kier alpha value is -2.90. The Balaban J connectivity index is 2.42. The van der Waals surface area contributed by atoms with Crippen LogP contribution in [0.15, 0.2) is 24.4 Å². The second-order valence-electron chi connectivity index (χ2n) is 5.13. The monoisotopic (exact) mass is 305 g/mol. The Labute approximate surface area is 125 Å². The number of rotatable bonds is 5. The molecular formula is C14H15N3O5. The van der Waals surface area contributed by atoms with Gasteiger partial charge in [0.05, 0.1) is 10.5 Å². The summed E-state index contributed by atoms with van der Waals surface area (Å²) in [4.78, 5) is 36.7. The summed E-state index contributed by atoms with van der Waals surface area (Å²) in [6.45, 7) is 3.05. The second-order valence-corrected chi connectivity index (χ2v) is 5.13. The summed E-state index contributed by atoms with van der Waals surface area (Å²) in [6, 6.07) is 4.11. The summed E-state index contributed by atoms with van der Waals surface area (Å²) < 4.78 is 0. The molecule has 0 aliphatic heterocycles. The van der Waals surface area contributed by atoms with Gasteiger partial charge in [-0.15, -0.1) is 0 Å². The largest absolute Gasteiger partial charge is 0.480 e. The van der Waals surface area contributed by atoms with Crippen LogP contribution in [0.1, 0.15) is 30.6 Å². The van der Waals surface area contributed by atoms with Gasteiger partial charge in [0.25, 0.3) is 11.6 Å². The predicted octanol–water partition coefficient (Wildman–Crippen LogP) is 2.06. The molecule has 1 unspecified atom stereocenters. The highest BCUT2D eigenvalue weighted by Crippen LogP contribution is 2.24. The number of benzene rings is 1. The summed E-state index contributed by atoms with van der Waals surface area (Å²) in [5.74, 6) is -1.74. The van der Waals surface area contributed by atoms with E-state index in [1.807, 2.05) is 0 Å². The van der Waals surface area contributed by atoms with Crippen molar-refractivity contribution in [3.05, 3.63) is 40.1 Å². The van der Waals surface area contributed by atoms with Crippen LogP contribution in [0.25, 0.3) is 10.9 Å². The van der Waals surface area contributed by atoms with Crippen LogP contribution >= 0.6 is 0 Å². The van der Waals surface area contributed by atoms with Crippen molar-refractivity contribution in [2.24, 2.45) is 0 Å². The second kappa shape index (κ2) is 5.47. The third-order valence-corrected chi connectivity index (χ3v) is 3.69. The molecule has 2 rings (SSSR count). The van der Waals surface area contributed by atoms with Gasteiger partial charge in [-0.25, -0.2) is 4.79 Å². The van der Waals surface area contributed by atoms with E-state index in [-0.39, 0.29) is 17.7 Å². The Morgan fingerprint density at radius 3 is 2.68 bits per heavy atom. The van der Waals surface area contributed by atoms with Crippen molar-refractivity contribution < 1.29 is 19.6 Å². The average Bonchev–Trinajstić information content (AvgIpc) is 2.89. The summed E-state index contributed by atoms with van der Waals surface area (Å²) in [7, 11) is 0. The zero-order valence-corrected chi connectivity index (χ0v) is 12.0. The van der Waals surface area contributed by atoms with Crippen LogP contribution in [-0.4, -0.2) is 32.4 Å². The molecule has 22 heavy (non-hydrogen) atoms. The molecule has 1 aromatic carbocycles. The fraction of sp³-hybridized carbons (Fsp3) is 0.286. The molecule has 3 N–H and O–H groups in total. The number of fused-ring (bicyclic) bond motifs is 1. The lowest BCUT2D eigenvalue weighted by molar-refractivity contribution is -0.384. The van der Waals surface area contributed by atoms with E-state index in [9.17, 15) is 24.8 Å².